The third-order valence-corrected chi connectivity index (χ3v) is 2.03. The molecule has 0 aromatic heterocycles. The van der Waals surface area contributed by atoms with E-state index in [4.69, 9.17) is 4.74 Å². The van der Waals surface area contributed by atoms with Gasteiger partial charge in [-0.3, -0.25) is 0 Å². The summed E-state index contributed by atoms with van der Waals surface area (Å²) >= 11 is 0. The summed E-state index contributed by atoms with van der Waals surface area (Å²) in [5.74, 6) is 0.713. The molecule has 1 aromatic carbocycles. The molecule has 4 nitrogen and oxygen atoms in total. The lowest BCUT2D eigenvalue weighted by molar-refractivity contribution is 0.118. The summed E-state index contributed by atoms with van der Waals surface area (Å²) < 4.78 is 5.27. The number of fused-ring (bicyclic) bond motifs is 1. The van der Waals surface area contributed by atoms with Crippen LogP contribution in [0.3, 0.4) is 0 Å². The molecule has 0 amide bonds. The van der Waals surface area contributed by atoms with Crippen molar-refractivity contribution in [1.82, 2.24) is 0 Å². The lowest BCUT2D eigenvalue weighted by Crippen LogP contribution is -2.31. The number of rotatable bonds is 0. The van der Waals surface area contributed by atoms with Gasteiger partial charge in [0.05, 0.1) is 0 Å². The fourth-order valence-corrected chi connectivity index (χ4v) is 1.37. The van der Waals surface area contributed by atoms with Crippen molar-refractivity contribution >= 4 is 5.69 Å². The number of aliphatic hydroxyl groups excluding tert-OH is 1. The maximum absolute atomic E-state index is 9.44. The average molecular weight is 181 g/mol. The predicted molar refractivity (Wildman–Crippen MR) is 48.0 cm³/mol. The standard InChI is InChI=1S/C9H11NO3/c1-5-2-3-6(11)8-9(5)13-4-7(12)10-8/h2-3,7,10-12H,4H2,1H3. The Morgan fingerprint density at radius 3 is 3.08 bits per heavy atom. The van der Waals surface area contributed by atoms with E-state index in [0.717, 1.165) is 5.56 Å². The first-order chi connectivity index (χ1) is 6.18. The molecule has 0 radical (unpaired) electrons. The molecule has 0 saturated carbocycles. The van der Waals surface area contributed by atoms with E-state index in [1.165, 1.54) is 0 Å². The normalized spacial score (nSPS) is 20.0. The van der Waals surface area contributed by atoms with Gasteiger partial charge < -0.3 is 20.3 Å². The van der Waals surface area contributed by atoms with Crippen molar-refractivity contribution in [2.45, 2.75) is 13.2 Å². The van der Waals surface area contributed by atoms with Crippen molar-refractivity contribution in [2.75, 3.05) is 11.9 Å². The van der Waals surface area contributed by atoms with Crippen molar-refractivity contribution in [1.29, 1.82) is 0 Å². The van der Waals surface area contributed by atoms with Crippen LogP contribution in [0.2, 0.25) is 0 Å². The van der Waals surface area contributed by atoms with E-state index in [0.29, 0.717) is 11.4 Å². The summed E-state index contributed by atoms with van der Waals surface area (Å²) in [6, 6.07) is 3.34. The Hall–Kier alpha value is -1.42. The minimum atomic E-state index is -0.750. The van der Waals surface area contributed by atoms with Crippen molar-refractivity contribution in [3.05, 3.63) is 17.7 Å². The summed E-state index contributed by atoms with van der Waals surface area (Å²) in [5, 5.41) is 21.4. The highest BCUT2D eigenvalue weighted by molar-refractivity contribution is 5.69. The van der Waals surface area contributed by atoms with Gasteiger partial charge in [0.2, 0.25) is 0 Å². The molecule has 0 fully saturated rings. The largest absolute Gasteiger partial charge is 0.506 e. The molecule has 1 aliphatic rings. The zero-order valence-electron chi connectivity index (χ0n) is 7.24. The second-order valence-corrected chi connectivity index (χ2v) is 3.08. The number of benzene rings is 1. The topological polar surface area (TPSA) is 61.7 Å². The Bertz CT molecular complexity index is 338. The second kappa shape index (κ2) is 2.81. The molecule has 70 valence electrons. The summed E-state index contributed by atoms with van der Waals surface area (Å²) in [6.07, 6.45) is -0.750. The van der Waals surface area contributed by atoms with E-state index in [1.807, 2.05) is 6.92 Å². The third kappa shape index (κ3) is 1.29. The number of anilines is 1. The van der Waals surface area contributed by atoms with Crippen LogP contribution >= 0.6 is 0 Å². The van der Waals surface area contributed by atoms with Crippen molar-refractivity contribution in [2.24, 2.45) is 0 Å². The Kier molecular flexibility index (Phi) is 1.77. The van der Waals surface area contributed by atoms with Crippen LogP contribution in [-0.4, -0.2) is 23.0 Å². The molecular weight excluding hydrogens is 170 g/mol. The first-order valence-electron chi connectivity index (χ1n) is 4.08. The van der Waals surface area contributed by atoms with Crippen LogP contribution in [0.1, 0.15) is 5.56 Å². The molecule has 1 aliphatic heterocycles. The summed E-state index contributed by atoms with van der Waals surface area (Å²) in [7, 11) is 0. The number of hydrogen-bond acceptors (Lipinski definition) is 4. The van der Waals surface area contributed by atoms with E-state index in [2.05, 4.69) is 5.32 Å². The molecule has 0 aliphatic carbocycles. The van der Waals surface area contributed by atoms with Gasteiger partial charge in [-0.15, -0.1) is 0 Å². The zero-order valence-corrected chi connectivity index (χ0v) is 7.24. The molecule has 1 unspecified atom stereocenters. The van der Waals surface area contributed by atoms with E-state index < -0.39 is 6.23 Å². The van der Waals surface area contributed by atoms with Crippen molar-refractivity contribution in [3.63, 3.8) is 0 Å². The highest BCUT2D eigenvalue weighted by atomic mass is 16.5. The SMILES string of the molecule is Cc1ccc(O)c2c1OCC(O)N2. The maximum atomic E-state index is 9.44. The molecule has 0 spiro atoms. The molecule has 0 bridgehead atoms. The number of aryl methyl sites for hydroxylation is 1. The Morgan fingerprint density at radius 1 is 1.54 bits per heavy atom. The van der Waals surface area contributed by atoms with Gasteiger partial charge in [0.25, 0.3) is 0 Å². The number of phenols is 1. The molecule has 3 N–H and O–H groups in total. The van der Waals surface area contributed by atoms with Gasteiger partial charge >= 0.3 is 0 Å². The molecular formula is C9H11NO3. The summed E-state index contributed by atoms with van der Waals surface area (Å²) in [4.78, 5) is 0. The maximum Gasteiger partial charge on any atom is 0.159 e. The fraction of sp³-hybridized carbons (Fsp3) is 0.333. The quantitative estimate of drug-likeness (QED) is 0.519. The molecule has 4 heteroatoms. The van der Waals surface area contributed by atoms with Crippen LogP contribution in [0.4, 0.5) is 5.69 Å². The first kappa shape index (κ1) is 8.19. The Balaban J connectivity index is 2.51. The number of hydrogen-bond donors (Lipinski definition) is 3. The molecule has 1 aromatic rings. The Labute approximate surface area is 75.8 Å². The molecule has 13 heavy (non-hydrogen) atoms. The van der Waals surface area contributed by atoms with Crippen molar-refractivity contribution in [3.8, 4) is 11.5 Å². The van der Waals surface area contributed by atoms with E-state index in [-0.39, 0.29) is 12.4 Å². The van der Waals surface area contributed by atoms with Crippen LogP contribution in [-0.2, 0) is 0 Å². The Morgan fingerprint density at radius 2 is 2.31 bits per heavy atom. The summed E-state index contributed by atoms with van der Waals surface area (Å²) in [6.45, 7) is 2.09. The first-order valence-corrected chi connectivity index (χ1v) is 4.08. The van der Waals surface area contributed by atoms with Gasteiger partial charge in [0.15, 0.2) is 6.23 Å². The number of ether oxygens (including phenoxy) is 1. The van der Waals surface area contributed by atoms with E-state index >= 15 is 0 Å². The highest BCUT2D eigenvalue weighted by Crippen LogP contribution is 2.38. The fourth-order valence-electron chi connectivity index (χ4n) is 1.37. The van der Waals surface area contributed by atoms with Gasteiger partial charge in [-0.1, -0.05) is 6.07 Å². The van der Waals surface area contributed by atoms with Crippen molar-refractivity contribution < 1.29 is 14.9 Å². The van der Waals surface area contributed by atoms with Gasteiger partial charge in [0, 0.05) is 0 Å². The predicted octanol–water partition coefficient (Wildman–Crippen LogP) is 0.823. The van der Waals surface area contributed by atoms with E-state index in [1.54, 1.807) is 12.1 Å². The molecule has 0 saturated heterocycles. The van der Waals surface area contributed by atoms with Gasteiger partial charge in [-0.25, -0.2) is 0 Å². The van der Waals surface area contributed by atoms with Gasteiger partial charge in [0.1, 0.15) is 23.8 Å². The van der Waals surface area contributed by atoms with Crippen LogP contribution < -0.4 is 10.1 Å². The second-order valence-electron chi connectivity index (χ2n) is 3.08. The lowest BCUT2D eigenvalue weighted by atomic mass is 10.1. The smallest absolute Gasteiger partial charge is 0.159 e. The monoisotopic (exact) mass is 181 g/mol. The molecule has 2 rings (SSSR count). The van der Waals surface area contributed by atoms with E-state index in [9.17, 15) is 10.2 Å². The minimum Gasteiger partial charge on any atom is -0.506 e. The lowest BCUT2D eigenvalue weighted by Gasteiger charge is -2.25. The van der Waals surface area contributed by atoms with Gasteiger partial charge in [-0.2, -0.15) is 0 Å². The van der Waals surface area contributed by atoms with Crippen LogP contribution in [0.25, 0.3) is 0 Å². The van der Waals surface area contributed by atoms with Crippen LogP contribution in [0, 0.1) is 6.92 Å². The number of aliphatic hydroxyl groups is 1. The number of aromatic hydroxyl groups is 1. The van der Waals surface area contributed by atoms with Crippen LogP contribution in [0.15, 0.2) is 12.1 Å². The number of phenolic OH excluding ortho intramolecular Hbond substituents is 1. The number of nitrogens with one attached hydrogen (secondary N) is 1. The molecule has 1 atom stereocenters. The highest BCUT2D eigenvalue weighted by Gasteiger charge is 2.20. The summed E-state index contributed by atoms with van der Waals surface area (Å²) in [5.41, 5.74) is 1.41. The third-order valence-electron chi connectivity index (χ3n) is 2.03. The molecule has 1 heterocycles. The zero-order chi connectivity index (χ0) is 9.42. The van der Waals surface area contributed by atoms with Crippen LogP contribution in [0.5, 0.6) is 11.5 Å². The van der Waals surface area contributed by atoms with Gasteiger partial charge in [-0.05, 0) is 18.6 Å². The minimum absolute atomic E-state index is 0.0966. The average Bonchev–Trinajstić information content (AvgIpc) is 2.12.